The highest BCUT2D eigenvalue weighted by molar-refractivity contribution is 5.90. The molecule has 0 bridgehead atoms. The van der Waals surface area contributed by atoms with Gasteiger partial charge in [0.25, 0.3) is 6.43 Å². The van der Waals surface area contributed by atoms with Crippen molar-refractivity contribution in [2.45, 2.75) is 25.3 Å². The van der Waals surface area contributed by atoms with Crippen molar-refractivity contribution in [3.63, 3.8) is 0 Å². The fourth-order valence-corrected chi connectivity index (χ4v) is 2.41. The third-order valence-corrected chi connectivity index (χ3v) is 3.77. The molecule has 1 aromatic carbocycles. The van der Waals surface area contributed by atoms with Crippen molar-refractivity contribution >= 4 is 5.97 Å². The van der Waals surface area contributed by atoms with Gasteiger partial charge < -0.3 is 9.47 Å². The lowest BCUT2D eigenvalue weighted by atomic mass is 10.1. The molecule has 3 rings (SSSR count). The van der Waals surface area contributed by atoms with E-state index in [-0.39, 0.29) is 28.6 Å². The second-order valence-corrected chi connectivity index (χ2v) is 5.62. The number of aromatic nitrogens is 2. The van der Waals surface area contributed by atoms with Gasteiger partial charge in [-0.3, -0.25) is 9.48 Å². The summed E-state index contributed by atoms with van der Waals surface area (Å²) < 4.78 is 36.2. The van der Waals surface area contributed by atoms with E-state index in [0.717, 1.165) is 12.8 Å². The van der Waals surface area contributed by atoms with E-state index in [1.807, 2.05) is 0 Å². The fourth-order valence-electron chi connectivity index (χ4n) is 2.41. The zero-order valence-corrected chi connectivity index (χ0v) is 13.4. The van der Waals surface area contributed by atoms with Crippen LogP contribution < -0.4 is 10.2 Å². The molecule has 0 radical (unpaired) electrons. The lowest BCUT2D eigenvalue weighted by Gasteiger charge is -2.13. The lowest BCUT2D eigenvalue weighted by Crippen LogP contribution is -2.23. The summed E-state index contributed by atoms with van der Waals surface area (Å²) in [5.74, 6) is -0.661. The van der Waals surface area contributed by atoms with Crippen LogP contribution in [0, 0.1) is 0 Å². The molecule has 1 aliphatic carbocycles. The van der Waals surface area contributed by atoms with Crippen LogP contribution in [-0.4, -0.2) is 35.9 Å². The first-order chi connectivity index (χ1) is 12.0. The van der Waals surface area contributed by atoms with Gasteiger partial charge in [0.2, 0.25) is 5.43 Å². The zero-order valence-electron chi connectivity index (χ0n) is 13.4. The molecule has 1 aliphatic rings. The van der Waals surface area contributed by atoms with Crippen LogP contribution in [-0.2, 0) is 4.74 Å². The van der Waals surface area contributed by atoms with Gasteiger partial charge in [0.15, 0.2) is 0 Å². The number of hydrogen-bond acceptors (Lipinski definition) is 5. The number of rotatable bonds is 6. The summed E-state index contributed by atoms with van der Waals surface area (Å²) in [6.45, 7) is -0.801. The number of nitrogens with zero attached hydrogens (tertiary/aromatic N) is 2. The number of benzene rings is 1. The first-order valence-electron chi connectivity index (χ1n) is 7.73. The van der Waals surface area contributed by atoms with Crippen molar-refractivity contribution in [3.8, 4) is 17.0 Å². The lowest BCUT2D eigenvalue weighted by molar-refractivity contribution is 0.0598. The molecular weight excluding hydrogens is 334 g/mol. The number of ether oxygens (including phenoxy) is 2. The van der Waals surface area contributed by atoms with Crippen molar-refractivity contribution in [3.05, 3.63) is 46.2 Å². The smallest absolute Gasteiger partial charge is 0.343 e. The Balaban J connectivity index is 2.12. The van der Waals surface area contributed by atoms with Gasteiger partial charge in [0.1, 0.15) is 23.6 Å². The summed E-state index contributed by atoms with van der Waals surface area (Å²) >= 11 is 0. The standard InChI is InChI=1S/C17H16F2N2O4/c1-24-17(23)12-8-21(10-6-7-10)20-15(16(12)22)11-4-2-3-5-13(11)25-9-14(18)19/h2-5,8,10,14H,6-7,9H2,1H3. The average Bonchev–Trinajstić information content (AvgIpc) is 3.45. The molecule has 1 heterocycles. The van der Waals surface area contributed by atoms with E-state index in [0.29, 0.717) is 0 Å². The largest absolute Gasteiger partial charge is 0.487 e. The summed E-state index contributed by atoms with van der Waals surface area (Å²) in [6.07, 6.45) is 0.502. The summed E-state index contributed by atoms with van der Waals surface area (Å²) in [7, 11) is 1.18. The van der Waals surface area contributed by atoms with Crippen molar-refractivity contribution in [1.29, 1.82) is 0 Å². The maximum Gasteiger partial charge on any atom is 0.343 e. The third-order valence-electron chi connectivity index (χ3n) is 3.77. The molecular formula is C17H16F2N2O4. The third kappa shape index (κ3) is 3.67. The van der Waals surface area contributed by atoms with Gasteiger partial charge >= 0.3 is 5.97 Å². The molecule has 132 valence electrons. The van der Waals surface area contributed by atoms with E-state index in [1.165, 1.54) is 19.4 Å². The van der Waals surface area contributed by atoms with Gasteiger partial charge in [-0.05, 0) is 25.0 Å². The number of carbonyl (C=O) groups excluding carboxylic acids is 1. The number of para-hydroxylation sites is 1. The second-order valence-electron chi connectivity index (χ2n) is 5.62. The van der Waals surface area contributed by atoms with E-state index < -0.39 is 24.4 Å². The highest BCUT2D eigenvalue weighted by Crippen LogP contribution is 2.35. The van der Waals surface area contributed by atoms with Gasteiger partial charge in [-0.2, -0.15) is 5.10 Å². The highest BCUT2D eigenvalue weighted by atomic mass is 19.3. The fraction of sp³-hybridized carbons (Fsp3) is 0.353. The second kappa shape index (κ2) is 7.00. The molecule has 8 heteroatoms. The first kappa shape index (κ1) is 17.1. The van der Waals surface area contributed by atoms with Crippen LogP contribution >= 0.6 is 0 Å². The number of esters is 1. The Morgan fingerprint density at radius 3 is 2.72 bits per heavy atom. The minimum atomic E-state index is -2.65. The van der Waals surface area contributed by atoms with Gasteiger partial charge in [-0.15, -0.1) is 0 Å². The molecule has 0 atom stereocenters. The van der Waals surface area contributed by atoms with Crippen LogP contribution in [0.2, 0.25) is 0 Å². The van der Waals surface area contributed by atoms with Crippen molar-refractivity contribution in [1.82, 2.24) is 9.78 Å². The Morgan fingerprint density at radius 2 is 2.08 bits per heavy atom. The molecule has 0 spiro atoms. The average molecular weight is 350 g/mol. The number of methoxy groups -OCH3 is 1. The molecule has 0 unspecified atom stereocenters. The van der Waals surface area contributed by atoms with E-state index >= 15 is 0 Å². The van der Waals surface area contributed by atoms with Crippen LogP contribution in [0.1, 0.15) is 29.2 Å². The number of alkyl halides is 2. The number of carbonyl (C=O) groups is 1. The molecule has 6 nitrogen and oxygen atoms in total. The van der Waals surface area contributed by atoms with Crippen LogP contribution in [0.15, 0.2) is 35.3 Å². The van der Waals surface area contributed by atoms with Crippen LogP contribution in [0.4, 0.5) is 8.78 Å². The number of halogens is 2. The van der Waals surface area contributed by atoms with Gasteiger partial charge in [-0.25, -0.2) is 13.6 Å². The summed E-state index contributed by atoms with van der Waals surface area (Å²) in [5.41, 5.74) is -0.548. The van der Waals surface area contributed by atoms with E-state index in [1.54, 1.807) is 22.9 Å². The quantitative estimate of drug-likeness (QED) is 0.749. The Hall–Kier alpha value is -2.77. The van der Waals surface area contributed by atoms with E-state index in [4.69, 9.17) is 4.74 Å². The first-order valence-corrected chi connectivity index (χ1v) is 7.73. The maximum absolute atomic E-state index is 12.7. The molecule has 0 aliphatic heterocycles. The summed E-state index contributed by atoms with van der Waals surface area (Å²) in [4.78, 5) is 24.6. The van der Waals surface area contributed by atoms with Crippen LogP contribution in [0.5, 0.6) is 5.75 Å². The van der Waals surface area contributed by atoms with Gasteiger partial charge in [0.05, 0.1) is 13.2 Å². The zero-order chi connectivity index (χ0) is 18.0. The predicted octanol–water partition coefficient (Wildman–Crippen LogP) is 2.68. The summed E-state index contributed by atoms with van der Waals surface area (Å²) in [6, 6.07) is 6.37. The normalized spacial score (nSPS) is 13.8. The molecule has 25 heavy (non-hydrogen) atoms. The minimum absolute atomic E-state index is 0.0281. The Kier molecular flexibility index (Phi) is 4.78. The van der Waals surface area contributed by atoms with Crippen molar-refractivity contribution < 1.29 is 23.0 Å². The SMILES string of the molecule is COC(=O)c1cn(C2CC2)nc(-c2ccccc2OCC(F)F)c1=O. The Morgan fingerprint density at radius 1 is 1.36 bits per heavy atom. The van der Waals surface area contributed by atoms with Gasteiger partial charge in [-0.1, -0.05) is 12.1 Å². The van der Waals surface area contributed by atoms with Crippen LogP contribution in [0.3, 0.4) is 0 Å². The molecule has 1 saturated carbocycles. The molecule has 0 amide bonds. The van der Waals surface area contributed by atoms with E-state index in [2.05, 4.69) is 9.84 Å². The topological polar surface area (TPSA) is 70.4 Å². The van der Waals surface area contributed by atoms with E-state index in [9.17, 15) is 18.4 Å². The van der Waals surface area contributed by atoms with Gasteiger partial charge in [0, 0.05) is 11.8 Å². The molecule has 0 N–H and O–H groups in total. The minimum Gasteiger partial charge on any atom is -0.487 e. The number of hydrogen-bond donors (Lipinski definition) is 0. The Bertz CT molecular complexity index is 847. The predicted molar refractivity (Wildman–Crippen MR) is 85.0 cm³/mol. The van der Waals surface area contributed by atoms with Crippen LogP contribution in [0.25, 0.3) is 11.3 Å². The molecule has 0 saturated heterocycles. The molecule has 1 fully saturated rings. The highest BCUT2D eigenvalue weighted by Gasteiger charge is 2.28. The maximum atomic E-state index is 12.7. The van der Waals surface area contributed by atoms with Crippen molar-refractivity contribution in [2.75, 3.05) is 13.7 Å². The Labute approximate surface area is 142 Å². The molecule has 2 aromatic rings. The summed E-state index contributed by atoms with van der Waals surface area (Å²) in [5, 5.41) is 4.30. The molecule has 1 aromatic heterocycles. The van der Waals surface area contributed by atoms with Crippen molar-refractivity contribution in [2.24, 2.45) is 0 Å². The monoisotopic (exact) mass is 350 g/mol.